The third-order valence-corrected chi connectivity index (χ3v) is 7.41. The van der Waals surface area contributed by atoms with Crippen LogP contribution in [-0.4, -0.2) is 71.0 Å². The maximum Gasteiger partial charge on any atom is 0.416 e. The number of carbonyl (C=O) groups is 2. The fourth-order valence-electron chi connectivity index (χ4n) is 4.41. The standard InChI is InChI=1S/C25H21F3N4O4S/c1-31-6-8-32(9-7-31)22-21-16-10-13(15(24(35)36)12-20(33)34)2-5-19(16)37-23(21)30-17-4-3-14(25(26,27)28)11-18(17)29-22/h2-5,10-12,30H,6-9H2,1H3,(H,33,34)(H,35,36)/b15-12-. The molecular weight excluding hydrogens is 509 g/mol. The molecule has 3 N–H and O–H groups in total. The van der Waals surface area contributed by atoms with Crippen molar-refractivity contribution in [3.63, 3.8) is 0 Å². The molecule has 0 unspecified atom stereocenters. The highest BCUT2D eigenvalue weighted by molar-refractivity contribution is 7.23. The van der Waals surface area contributed by atoms with E-state index in [-0.39, 0.29) is 16.8 Å². The normalized spacial score (nSPS) is 16.5. The van der Waals surface area contributed by atoms with E-state index in [1.165, 1.54) is 23.5 Å². The third kappa shape index (κ3) is 4.77. The molecule has 0 atom stereocenters. The Morgan fingerprint density at radius 2 is 1.81 bits per heavy atom. The second-order valence-corrected chi connectivity index (χ2v) is 9.85. The minimum absolute atomic E-state index is 0.147. The van der Waals surface area contributed by atoms with Crippen LogP contribution in [0.3, 0.4) is 0 Å². The van der Waals surface area contributed by atoms with Crippen molar-refractivity contribution in [1.29, 1.82) is 0 Å². The van der Waals surface area contributed by atoms with E-state index < -0.39 is 23.7 Å². The number of fused-ring (bicyclic) bond motifs is 4. The van der Waals surface area contributed by atoms with Gasteiger partial charge in [-0.15, -0.1) is 11.3 Å². The monoisotopic (exact) mass is 530 g/mol. The number of thiophene rings is 1. The van der Waals surface area contributed by atoms with Crippen molar-refractivity contribution in [2.45, 2.75) is 6.18 Å². The highest BCUT2D eigenvalue weighted by Gasteiger charge is 2.33. The number of alkyl halides is 3. The van der Waals surface area contributed by atoms with Gasteiger partial charge in [-0.25, -0.2) is 14.6 Å². The average molecular weight is 531 g/mol. The minimum atomic E-state index is -4.53. The quantitative estimate of drug-likeness (QED) is 0.416. The molecule has 0 spiro atoms. The molecule has 8 nitrogen and oxygen atoms in total. The van der Waals surface area contributed by atoms with Crippen LogP contribution < -0.4 is 5.32 Å². The average Bonchev–Trinajstić information content (AvgIpc) is 3.09. The number of aliphatic imine (C=N–C) groups is 1. The summed E-state index contributed by atoms with van der Waals surface area (Å²) < 4.78 is 41.2. The predicted molar refractivity (Wildman–Crippen MR) is 135 cm³/mol. The second-order valence-electron chi connectivity index (χ2n) is 8.80. The molecule has 37 heavy (non-hydrogen) atoms. The summed E-state index contributed by atoms with van der Waals surface area (Å²) in [7, 11) is 1.98. The van der Waals surface area contributed by atoms with Gasteiger partial charge >= 0.3 is 18.1 Å². The summed E-state index contributed by atoms with van der Waals surface area (Å²) in [5.41, 5.74) is 0.206. The molecule has 2 aliphatic rings. The van der Waals surface area contributed by atoms with E-state index in [2.05, 4.69) is 10.2 Å². The number of hydrogen-bond donors (Lipinski definition) is 3. The number of rotatable bonds is 3. The Morgan fingerprint density at radius 3 is 2.46 bits per heavy atom. The van der Waals surface area contributed by atoms with Crippen LogP contribution in [0.5, 0.6) is 0 Å². The van der Waals surface area contributed by atoms with Crippen molar-refractivity contribution in [3.8, 4) is 0 Å². The lowest BCUT2D eigenvalue weighted by Gasteiger charge is -2.34. The second kappa shape index (κ2) is 9.20. The maximum atomic E-state index is 13.5. The third-order valence-electron chi connectivity index (χ3n) is 6.32. The van der Waals surface area contributed by atoms with Crippen molar-refractivity contribution in [1.82, 2.24) is 9.80 Å². The molecule has 2 aliphatic heterocycles. The number of benzene rings is 2. The summed E-state index contributed by atoms with van der Waals surface area (Å²) >= 11 is 1.36. The molecule has 0 aliphatic carbocycles. The minimum Gasteiger partial charge on any atom is -0.478 e. The predicted octanol–water partition coefficient (Wildman–Crippen LogP) is 4.86. The molecule has 0 saturated carbocycles. The molecule has 5 rings (SSSR count). The van der Waals surface area contributed by atoms with Crippen molar-refractivity contribution in [3.05, 3.63) is 59.2 Å². The highest BCUT2D eigenvalue weighted by atomic mass is 32.1. The lowest BCUT2D eigenvalue weighted by molar-refractivity contribution is -0.137. The molecule has 1 aromatic heterocycles. The number of halogens is 3. The number of anilines is 2. The van der Waals surface area contributed by atoms with Crippen molar-refractivity contribution in [2.24, 2.45) is 4.99 Å². The molecule has 12 heteroatoms. The van der Waals surface area contributed by atoms with Gasteiger partial charge in [0, 0.05) is 42.3 Å². The zero-order valence-corrected chi connectivity index (χ0v) is 20.3. The van der Waals surface area contributed by atoms with E-state index >= 15 is 0 Å². The van der Waals surface area contributed by atoms with Gasteiger partial charge in [0.05, 0.1) is 28.1 Å². The molecule has 3 aromatic rings. The molecule has 3 heterocycles. The topological polar surface area (TPSA) is 105 Å². The summed E-state index contributed by atoms with van der Waals surface area (Å²) in [5, 5.41) is 23.3. The molecule has 1 fully saturated rings. The Balaban J connectivity index is 1.73. The van der Waals surface area contributed by atoms with E-state index in [0.29, 0.717) is 46.6 Å². The number of likely N-dealkylation sites (N-methyl/N-ethyl adjacent to an activating group) is 1. The molecule has 0 amide bonds. The first-order chi connectivity index (χ1) is 17.5. The summed E-state index contributed by atoms with van der Waals surface area (Å²) in [6.45, 7) is 2.66. The van der Waals surface area contributed by atoms with Crippen LogP contribution in [0, 0.1) is 0 Å². The highest BCUT2D eigenvalue weighted by Crippen LogP contribution is 2.45. The van der Waals surface area contributed by atoms with Gasteiger partial charge in [-0.1, -0.05) is 6.07 Å². The number of nitrogens with one attached hydrogen (secondary N) is 1. The molecule has 192 valence electrons. The first-order valence-electron chi connectivity index (χ1n) is 11.3. The number of nitrogens with zero attached hydrogens (tertiary/aromatic N) is 3. The molecular formula is C25H21F3N4O4S. The Morgan fingerprint density at radius 1 is 1.08 bits per heavy atom. The zero-order valence-electron chi connectivity index (χ0n) is 19.5. The van der Waals surface area contributed by atoms with Crippen LogP contribution in [0.15, 0.2) is 47.5 Å². The maximum absolute atomic E-state index is 13.5. The largest absolute Gasteiger partial charge is 0.478 e. The SMILES string of the molecule is CN1CCN(C2=Nc3cc(C(F)(F)F)ccc3Nc3sc4ccc(/C(=C/C(=O)O)C(=O)O)cc4c32)CC1. The van der Waals surface area contributed by atoms with Crippen LogP contribution in [0.25, 0.3) is 15.7 Å². The van der Waals surface area contributed by atoms with Gasteiger partial charge in [-0.2, -0.15) is 13.2 Å². The fourth-order valence-corrected chi connectivity index (χ4v) is 5.50. The first-order valence-corrected chi connectivity index (χ1v) is 12.1. The Labute approximate surface area is 212 Å². The number of carboxylic acids is 2. The number of hydrogen-bond acceptors (Lipinski definition) is 7. The summed E-state index contributed by atoms with van der Waals surface area (Å²) in [5.74, 6) is -2.30. The number of aliphatic carboxylic acids is 2. The number of carboxylic acid groups (broad SMARTS) is 2. The van der Waals surface area contributed by atoms with E-state index in [0.717, 1.165) is 29.9 Å². The Kier molecular flexibility index (Phi) is 6.16. The van der Waals surface area contributed by atoms with Crippen LogP contribution in [0.2, 0.25) is 0 Å². The van der Waals surface area contributed by atoms with E-state index in [4.69, 9.17) is 10.1 Å². The Hall–Kier alpha value is -3.90. The van der Waals surface area contributed by atoms with Crippen LogP contribution in [0.4, 0.5) is 29.5 Å². The zero-order chi connectivity index (χ0) is 26.5. The van der Waals surface area contributed by atoms with E-state index in [1.54, 1.807) is 12.1 Å². The van der Waals surface area contributed by atoms with Crippen LogP contribution >= 0.6 is 11.3 Å². The van der Waals surface area contributed by atoms with Crippen molar-refractivity contribution < 1.29 is 33.0 Å². The molecule has 1 saturated heterocycles. The van der Waals surface area contributed by atoms with Crippen molar-refractivity contribution >= 4 is 61.1 Å². The van der Waals surface area contributed by atoms with Gasteiger partial charge < -0.3 is 25.3 Å². The van der Waals surface area contributed by atoms with Gasteiger partial charge in [-0.05, 0) is 42.9 Å². The smallest absolute Gasteiger partial charge is 0.416 e. The van der Waals surface area contributed by atoms with E-state index in [1.807, 2.05) is 11.9 Å². The lowest BCUT2D eigenvalue weighted by Crippen LogP contribution is -2.47. The summed E-state index contributed by atoms with van der Waals surface area (Å²) in [4.78, 5) is 31.9. The van der Waals surface area contributed by atoms with Crippen LogP contribution in [0.1, 0.15) is 16.7 Å². The number of amidine groups is 1. The van der Waals surface area contributed by atoms with Gasteiger partial charge in [0.15, 0.2) is 0 Å². The molecule has 0 radical (unpaired) electrons. The van der Waals surface area contributed by atoms with E-state index in [9.17, 15) is 27.9 Å². The number of piperazine rings is 1. The summed E-state index contributed by atoms with van der Waals surface area (Å²) in [6.07, 6.45) is -3.89. The fraction of sp³-hybridized carbons (Fsp3) is 0.240. The van der Waals surface area contributed by atoms with Gasteiger partial charge in [0.2, 0.25) is 0 Å². The van der Waals surface area contributed by atoms with Gasteiger partial charge in [0.1, 0.15) is 10.8 Å². The molecule has 0 bridgehead atoms. The van der Waals surface area contributed by atoms with Crippen LogP contribution in [-0.2, 0) is 15.8 Å². The Bertz CT molecular complexity index is 1490. The summed E-state index contributed by atoms with van der Waals surface area (Å²) in [6, 6.07) is 8.21. The van der Waals surface area contributed by atoms with Crippen molar-refractivity contribution in [2.75, 3.05) is 38.5 Å². The van der Waals surface area contributed by atoms with Gasteiger partial charge in [-0.3, -0.25) is 0 Å². The lowest BCUT2D eigenvalue weighted by atomic mass is 10.0. The first kappa shape index (κ1) is 24.8. The van der Waals surface area contributed by atoms with Gasteiger partial charge in [0.25, 0.3) is 0 Å². The molecule has 2 aromatic carbocycles.